The van der Waals surface area contributed by atoms with Gasteiger partial charge in [0, 0.05) is 43.9 Å². The molecule has 2 aliphatic heterocycles. The van der Waals surface area contributed by atoms with E-state index in [9.17, 15) is 9.59 Å². The van der Waals surface area contributed by atoms with Crippen LogP contribution in [0, 0.1) is 0 Å². The van der Waals surface area contributed by atoms with Crippen LogP contribution in [0.15, 0.2) is 49.2 Å². The molecule has 0 unspecified atom stereocenters. The molecule has 0 saturated carbocycles. The standard InChI is InChI=1S/C23H21N7O2/c1-28-13-25-21(22(28)16-4-6-19-24-12-26-30(19)11-16)14-2-3-15-9-29(10-17(15)8-14)18-5-7-20(31)27-23(18)32/h2-4,6,8,11-13,18H,5,7,9-10H2,1H3,(H,27,31,32)/t18-/m0/s1. The van der Waals surface area contributed by atoms with Gasteiger partial charge < -0.3 is 4.57 Å². The highest BCUT2D eigenvalue weighted by Crippen LogP contribution is 2.35. The highest BCUT2D eigenvalue weighted by Gasteiger charge is 2.34. The number of nitrogens with zero attached hydrogens (tertiary/aromatic N) is 6. The fourth-order valence-electron chi connectivity index (χ4n) is 4.76. The fraction of sp³-hybridized carbons (Fsp3) is 0.261. The number of pyridine rings is 1. The van der Waals surface area contributed by atoms with E-state index < -0.39 is 0 Å². The van der Waals surface area contributed by atoms with Gasteiger partial charge in [-0.25, -0.2) is 14.5 Å². The molecule has 5 heterocycles. The number of imidazole rings is 1. The molecule has 6 rings (SSSR count). The van der Waals surface area contributed by atoms with Crippen molar-refractivity contribution in [2.24, 2.45) is 7.05 Å². The van der Waals surface area contributed by atoms with Gasteiger partial charge in [-0.2, -0.15) is 5.10 Å². The molecule has 2 aliphatic rings. The lowest BCUT2D eigenvalue weighted by Gasteiger charge is -2.29. The number of rotatable bonds is 3. The number of piperidine rings is 1. The van der Waals surface area contributed by atoms with Gasteiger partial charge in [-0.15, -0.1) is 0 Å². The Morgan fingerprint density at radius 1 is 1.03 bits per heavy atom. The van der Waals surface area contributed by atoms with Crippen LogP contribution in [0.5, 0.6) is 0 Å². The number of aryl methyl sites for hydroxylation is 1. The number of aromatic nitrogens is 5. The van der Waals surface area contributed by atoms with Crippen LogP contribution in [0.25, 0.3) is 28.2 Å². The molecule has 0 radical (unpaired) electrons. The minimum atomic E-state index is -0.261. The molecular formula is C23H21N7O2. The summed E-state index contributed by atoms with van der Waals surface area (Å²) in [6.07, 6.45) is 6.28. The average Bonchev–Trinajstić information content (AvgIpc) is 3.50. The normalized spacial score (nSPS) is 18.8. The second kappa shape index (κ2) is 7.10. The minimum absolute atomic E-state index is 0.183. The van der Waals surface area contributed by atoms with Crippen LogP contribution in [-0.2, 0) is 29.7 Å². The number of hydrogen-bond donors (Lipinski definition) is 1. The van der Waals surface area contributed by atoms with E-state index in [4.69, 9.17) is 0 Å². The molecule has 9 heteroatoms. The molecule has 3 aromatic heterocycles. The van der Waals surface area contributed by atoms with Crippen LogP contribution in [0.1, 0.15) is 24.0 Å². The van der Waals surface area contributed by atoms with Crippen molar-refractivity contribution in [2.75, 3.05) is 0 Å². The quantitative estimate of drug-likeness (QED) is 0.502. The topological polar surface area (TPSA) is 97.4 Å². The van der Waals surface area contributed by atoms with Crippen molar-refractivity contribution >= 4 is 17.5 Å². The van der Waals surface area contributed by atoms with Gasteiger partial charge >= 0.3 is 0 Å². The number of amides is 2. The van der Waals surface area contributed by atoms with Gasteiger partial charge in [0.25, 0.3) is 0 Å². The summed E-state index contributed by atoms with van der Waals surface area (Å²) in [5.41, 5.74) is 7.13. The third-order valence-electron chi connectivity index (χ3n) is 6.36. The van der Waals surface area contributed by atoms with Gasteiger partial charge in [-0.3, -0.25) is 19.8 Å². The third-order valence-corrected chi connectivity index (χ3v) is 6.36. The predicted octanol–water partition coefficient (Wildman–Crippen LogP) is 1.92. The Labute approximate surface area is 183 Å². The van der Waals surface area contributed by atoms with E-state index in [1.54, 1.807) is 4.52 Å². The van der Waals surface area contributed by atoms with Crippen molar-refractivity contribution in [1.29, 1.82) is 0 Å². The van der Waals surface area contributed by atoms with E-state index in [-0.39, 0.29) is 17.9 Å². The average molecular weight is 427 g/mol. The molecule has 32 heavy (non-hydrogen) atoms. The van der Waals surface area contributed by atoms with Gasteiger partial charge in [-0.1, -0.05) is 12.1 Å². The summed E-state index contributed by atoms with van der Waals surface area (Å²) in [6.45, 7) is 1.39. The van der Waals surface area contributed by atoms with E-state index in [0.717, 1.165) is 28.2 Å². The Kier molecular flexibility index (Phi) is 4.19. The van der Waals surface area contributed by atoms with Crippen LogP contribution in [0.2, 0.25) is 0 Å². The maximum absolute atomic E-state index is 12.3. The second-order valence-electron chi connectivity index (χ2n) is 8.39. The number of carbonyl (C=O) groups excluding carboxylic acids is 2. The van der Waals surface area contributed by atoms with E-state index in [1.165, 1.54) is 17.5 Å². The summed E-state index contributed by atoms with van der Waals surface area (Å²) >= 11 is 0. The minimum Gasteiger partial charge on any atom is -0.333 e. The summed E-state index contributed by atoms with van der Waals surface area (Å²) in [5.74, 6) is -0.373. The highest BCUT2D eigenvalue weighted by atomic mass is 16.2. The highest BCUT2D eigenvalue weighted by molar-refractivity contribution is 6.00. The third kappa shape index (κ3) is 3.01. The number of hydrogen-bond acceptors (Lipinski definition) is 6. The van der Waals surface area contributed by atoms with Crippen molar-refractivity contribution in [1.82, 2.24) is 34.4 Å². The van der Waals surface area contributed by atoms with Crippen molar-refractivity contribution < 1.29 is 9.59 Å². The Morgan fingerprint density at radius 3 is 2.75 bits per heavy atom. The van der Waals surface area contributed by atoms with Gasteiger partial charge in [0.15, 0.2) is 5.65 Å². The maximum atomic E-state index is 12.3. The number of fused-ring (bicyclic) bond motifs is 2. The SMILES string of the molecule is Cn1cnc(-c2ccc3c(c2)CN([C@H]2CCC(=O)NC2=O)C3)c1-c1ccc2ncnn2c1. The first kappa shape index (κ1) is 18.9. The largest absolute Gasteiger partial charge is 0.333 e. The first-order valence-corrected chi connectivity index (χ1v) is 10.6. The van der Waals surface area contributed by atoms with Crippen LogP contribution < -0.4 is 5.32 Å². The molecule has 1 N–H and O–H groups in total. The van der Waals surface area contributed by atoms with Gasteiger partial charge in [0.05, 0.1) is 23.8 Å². The molecule has 4 aromatic rings. The molecule has 160 valence electrons. The first-order chi connectivity index (χ1) is 15.6. The van der Waals surface area contributed by atoms with E-state index in [2.05, 4.69) is 43.5 Å². The van der Waals surface area contributed by atoms with E-state index in [0.29, 0.717) is 25.9 Å². The number of nitrogens with one attached hydrogen (secondary N) is 1. The molecule has 1 atom stereocenters. The Morgan fingerprint density at radius 2 is 1.88 bits per heavy atom. The van der Waals surface area contributed by atoms with Crippen molar-refractivity contribution in [3.8, 4) is 22.5 Å². The van der Waals surface area contributed by atoms with Gasteiger partial charge in [0.1, 0.15) is 6.33 Å². The van der Waals surface area contributed by atoms with Crippen LogP contribution in [0.3, 0.4) is 0 Å². The van der Waals surface area contributed by atoms with Crippen LogP contribution in [0.4, 0.5) is 0 Å². The zero-order valence-electron chi connectivity index (χ0n) is 17.5. The van der Waals surface area contributed by atoms with Crippen molar-refractivity contribution in [3.63, 3.8) is 0 Å². The molecule has 9 nitrogen and oxygen atoms in total. The lowest BCUT2D eigenvalue weighted by atomic mass is 10.0. The van der Waals surface area contributed by atoms with Crippen LogP contribution >= 0.6 is 0 Å². The van der Waals surface area contributed by atoms with E-state index in [1.807, 2.05) is 36.3 Å². The number of imide groups is 1. The number of carbonyl (C=O) groups is 2. The summed E-state index contributed by atoms with van der Waals surface area (Å²) in [4.78, 5) is 34.9. The molecule has 0 spiro atoms. The Balaban J connectivity index is 1.33. The monoisotopic (exact) mass is 427 g/mol. The Hall–Kier alpha value is -3.85. The van der Waals surface area contributed by atoms with Crippen LogP contribution in [-0.4, -0.2) is 46.9 Å². The van der Waals surface area contributed by atoms with Crippen molar-refractivity contribution in [3.05, 3.63) is 60.3 Å². The molecule has 1 fully saturated rings. The summed E-state index contributed by atoms with van der Waals surface area (Å²) < 4.78 is 3.77. The molecule has 0 bridgehead atoms. The molecule has 0 aliphatic carbocycles. The molecular weight excluding hydrogens is 406 g/mol. The zero-order chi connectivity index (χ0) is 21.8. The molecule has 2 amide bonds. The first-order valence-electron chi connectivity index (χ1n) is 10.6. The number of benzene rings is 1. The summed E-state index contributed by atoms with van der Waals surface area (Å²) in [5, 5.41) is 6.71. The van der Waals surface area contributed by atoms with E-state index >= 15 is 0 Å². The zero-order valence-corrected chi connectivity index (χ0v) is 17.5. The van der Waals surface area contributed by atoms with Gasteiger partial charge in [-0.05, 0) is 35.7 Å². The summed E-state index contributed by atoms with van der Waals surface area (Å²) in [7, 11) is 1.98. The van der Waals surface area contributed by atoms with Gasteiger partial charge in [0.2, 0.25) is 11.8 Å². The predicted molar refractivity (Wildman–Crippen MR) is 116 cm³/mol. The van der Waals surface area contributed by atoms with Crippen molar-refractivity contribution in [2.45, 2.75) is 32.0 Å². The lowest BCUT2D eigenvalue weighted by Crippen LogP contribution is -2.50. The smallest absolute Gasteiger partial charge is 0.243 e. The fourth-order valence-corrected chi connectivity index (χ4v) is 4.76. The summed E-state index contributed by atoms with van der Waals surface area (Å²) in [6, 6.07) is 10.1. The lowest BCUT2D eigenvalue weighted by molar-refractivity contribution is -0.137. The molecule has 1 aromatic carbocycles. The second-order valence-corrected chi connectivity index (χ2v) is 8.39. The molecule has 1 saturated heterocycles. The maximum Gasteiger partial charge on any atom is 0.243 e. The Bertz CT molecular complexity index is 1390.